The Balaban J connectivity index is 2.04. The van der Waals surface area contributed by atoms with E-state index in [9.17, 15) is 4.79 Å². The Morgan fingerprint density at radius 1 is 1.50 bits per heavy atom. The van der Waals surface area contributed by atoms with Gasteiger partial charge in [-0.15, -0.1) is 0 Å². The van der Waals surface area contributed by atoms with Crippen molar-refractivity contribution >= 4 is 33.3 Å². The highest BCUT2D eigenvalue weighted by Gasteiger charge is 2.31. The highest BCUT2D eigenvalue weighted by Crippen LogP contribution is 2.29. The summed E-state index contributed by atoms with van der Waals surface area (Å²) in [5, 5.41) is 0. The van der Waals surface area contributed by atoms with Gasteiger partial charge in [-0.3, -0.25) is 4.79 Å². The molecule has 0 saturated carbocycles. The Morgan fingerprint density at radius 3 is 3.05 bits per heavy atom. The van der Waals surface area contributed by atoms with Gasteiger partial charge in [0.05, 0.1) is 5.92 Å². The molecule has 0 bridgehead atoms. The molecule has 1 aliphatic heterocycles. The molecular weight excluding hydrogens is 322 g/mol. The normalized spacial score (nSPS) is 23.2. The third kappa shape index (κ3) is 2.26. The van der Waals surface area contributed by atoms with Gasteiger partial charge in [-0.1, -0.05) is 0 Å². The number of nitrogens with two attached hydrogens (primary N) is 1. The van der Waals surface area contributed by atoms with E-state index in [1.54, 1.807) is 6.20 Å². The molecule has 7 heteroatoms. The van der Waals surface area contributed by atoms with Crippen LogP contribution in [0.4, 0.5) is 5.82 Å². The van der Waals surface area contributed by atoms with E-state index in [-0.39, 0.29) is 11.8 Å². The van der Waals surface area contributed by atoms with Crippen molar-refractivity contribution in [1.82, 2.24) is 14.4 Å². The van der Waals surface area contributed by atoms with Gasteiger partial charge >= 0.3 is 0 Å². The van der Waals surface area contributed by atoms with Gasteiger partial charge < -0.3 is 15.0 Å². The summed E-state index contributed by atoms with van der Waals surface area (Å²) < 4.78 is 2.67. The number of imidazole rings is 1. The van der Waals surface area contributed by atoms with Crippen molar-refractivity contribution in [1.29, 1.82) is 0 Å². The summed E-state index contributed by atoms with van der Waals surface area (Å²) in [4.78, 5) is 22.5. The molecule has 3 heterocycles. The second kappa shape index (κ2) is 5.05. The molecule has 20 heavy (non-hydrogen) atoms. The number of hydrogen-bond donors (Lipinski definition) is 1. The molecule has 3 rings (SSSR count). The minimum absolute atomic E-state index is 0.123. The van der Waals surface area contributed by atoms with Crippen LogP contribution in [0, 0.1) is 5.92 Å². The molecule has 0 aliphatic carbocycles. The largest absolute Gasteiger partial charge is 0.369 e. The Morgan fingerprint density at radius 2 is 2.30 bits per heavy atom. The molecule has 2 N–H and O–H groups in total. The number of primary amides is 1. The number of nitrogens with zero attached hydrogens (tertiary/aromatic N) is 4. The molecule has 6 nitrogen and oxygen atoms in total. The number of aromatic nitrogens is 3. The SMILES string of the molecule is CC1CCC(C(N)=O)CN1c1nc(Br)cn2ccnc12. The lowest BCUT2D eigenvalue weighted by molar-refractivity contribution is -0.122. The number of amides is 1. The maximum Gasteiger partial charge on any atom is 0.222 e. The minimum Gasteiger partial charge on any atom is -0.369 e. The molecule has 0 radical (unpaired) electrons. The highest BCUT2D eigenvalue weighted by molar-refractivity contribution is 9.10. The van der Waals surface area contributed by atoms with Crippen molar-refractivity contribution in [3.63, 3.8) is 0 Å². The van der Waals surface area contributed by atoms with Crippen LogP contribution in [0.15, 0.2) is 23.2 Å². The summed E-state index contributed by atoms with van der Waals surface area (Å²) in [6.07, 6.45) is 7.25. The topological polar surface area (TPSA) is 76.5 Å². The van der Waals surface area contributed by atoms with E-state index in [4.69, 9.17) is 5.73 Å². The average Bonchev–Trinajstić information content (AvgIpc) is 2.86. The van der Waals surface area contributed by atoms with Crippen LogP contribution in [0.25, 0.3) is 5.65 Å². The fraction of sp³-hybridized carbons (Fsp3) is 0.462. The smallest absolute Gasteiger partial charge is 0.222 e. The fourth-order valence-corrected chi connectivity index (χ4v) is 3.10. The van der Waals surface area contributed by atoms with Gasteiger partial charge in [0.25, 0.3) is 0 Å². The first kappa shape index (κ1) is 13.4. The van der Waals surface area contributed by atoms with E-state index < -0.39 is 0 Å². The van der Waals surface area contributed by atoms with E-state index in [1.807, 2.05) is 16.8 Å². The number of anilines is 1. The molecule has 2 aromatic rings. The summed E-state index contributed by atoms with van der Waals surface area (Å²) in [5.74, 6) is 0.432. The Labute approximate surface area is 125 Å². The molecular formula is C13H16BrN5O. The summed E-state index contributed by atoms with van der Waals surface area (Å²) in [5.41, 5.74) is 6.26. The second-order valence-electron chi connectivity index (χ2n) is 5.22. The van der Waals surface area contributed by atoms with Gasteiger partial charge in [0.15, 0.2) is 11.5 Å². The van der Waals surface area contributed by atoms with Crippen LogP contribution in [-0.4, -0.2) is 32.9 Å². The second-order valence-corrected chi connectivity index (χ2v) is 6.04. The first-order valence-corrected chi connectivity index (χ1v) is 7.40. The van der Waals surface area contributed by atoms with Crippen LogP contribution in [0.5, 0.6) is 0 Å². The molecule has 2 aromatic heterocycles. The maximum absolute atomic E-state index is 11.5. The third-order valence-electron chi connectivity index (χ3n) is 3.88. The van der Waals surface area contributed by atoms with E-state index in [0.29, 0.717) is 12.6 Å². The lowest BCUT2D eigenvalue weighted by Crippen LogP contribution is -2.46. The van der Waals surface area contributed by atoms with Crippen LogP contribution >= 0.6 is 15.9 Å². The number of piperidine rings is 1. The summed E-state index contributed by atoms with van der Waals surface area (Å²) >= 11 is 3.42. The third-order valence-corrected chi connectivity index (χ3v) is 4.27. The summed E-state index contributed by atoms with van der Waals surface area (Å²) in [6, 6.07) is 0.313. The van der Waals surface area contributed by atoms with Crippen molar-refractivity contribution in [2.45, 2.75) is 25.8 Å². The van der Waals surface area contributed by atoms with E-state index >= 15 is 0 Å². The monoisotopic (exact) mass is 337 g/mol. The first-order chi connectivity index (χ1) is 9.56. The van der Waals surface area contributed by atoms with Gasteiger partial charge in [0.2, 0.25) is 5.91 Å². The van der Waals surface area contributed by atoms with Crippen LogP contribution in [0.3, 0.4) is 0 Å². The summed E-state index contributed by atoms with van der Waals surface area (Å²) in [6.45, 7) is 2.74. The van der Waals surface area contributed by atoms with Crippen molar-refractivity contribution in [2.24, 2.45) is 11.7 Å². The van der Waals surface area contributed by atoms with Crippen LogP contribution in [0.2, 0.25) is 0 Å². The molecule has 1 aliphatic rings. The predicted octanol–water partition coefficient (Wildman–Crippen LogP) is 1.58. The van der Waals surface area contributed by atoms with E-state index in [0.717, 1.165) is 28.9 Å². The predicted molar refractivity (Wildman–Crippen MR) is 79.4 cm³/mol. The maximum atomic E-state index is 11.5. The van der Waals surface area contributed by atoms with Crippen LogP contribution in [-0.2, 0) is 4.79 Å². The van der Waals surface area contributed by atoms with E-state index in [2.05, 4.69) is 37.7 Å². The quantitative estimate of drug-likeness (QED) is 0.902. The Bertz CT molecular complexity index is 655. The zero-order valence-corrected chi connectivity index (χ0v) is 12.7. The minimum atomic E-state index is -0.240. The molecule has 1 amide bonds. The molecule has 0 aromatic carbocycles. The van der Waals surface area contributed by atoms with Gasteiger partial charge in [0, 0.05) is 31.2 Å². The lowest BCUT2D eigenvalue weighted by atomic mass is 9.93. The summed E-state index contributed by atoms with van der Waals surface area (Å²) in [7, 11) is 0. The molecule has 1 fully saturated rings. The zero-order chi connectivity index (χ0) is 14.3. The van der Waals surface area contributed by atoms with Crippen molar-refractivity contribution in [3.05, 3.63) is 23.2 Å². The van der Waals surface area contributed by atoms with Crippen molar-refractivity contribution in [3.8, 4) is 0 Å². The number of rotatable bonds is 2. The van der Waals surface area contributed by atoms with Gasteiger partial charge in [-0.2, -0.15) is 0 Å². The van der Waals surface area contributed by atoms with Crippen molar-refractivity contribution in [2.75, 3.05) is 11.4 Å². The number of halogens is 1. The van der Waals surface area contributed by atoms with Gasteiger partial charge in [-0.25, -0.2) is 9.97 Å². The number of hydrogen-bond acceptors (Lipinski definition) is 4. The molecule has 1 saturated heterocycles. The number of carbonyl (C=O) groups is 1. The standard InChI is InChI=1S/C13H16BrN5O/c1-8-2-3-9(11(15)20)6-19(8)13-12-16-4-5-18(12)7-10(14)17-13/h4-5,7-9H,2-3,6H2,1H3,(H2,15,20). The Kier molecular flexibility index (Phi) is 3.37. The lowest BCUT2D eigenvalue weighted by Gasteiger charge is -2.37. The Hall–Kier alpha value is -1.63. The molecule has 0 spiro atoms. The average molecular weight is 338 g/mol. The van der Waals surface area contributed by atoms with Crippen LogP contribution < -0.4 is 10.6 Å². The zero-order valence-electron chi connectivity index (χ0n) is 11.2. The van der Waals surface area contributed by atoms with E-state index in [1.165, 1.54) is 0 Å². The highest BCUT2D eigenvalue weighted by atomic mass is 79.9. The van der Waals surface area contributed by atoms with Gasteiger partial charge in [0.1, 0.15) is 4.60 Å². The molecule has 2 atom stereocenters. The molecule has 2 unspecified atom stereocenters. The first-order valence-electron chi connectivity index (χ1n) is 6.61. The van der Waals surface area contributed by atoms with Crippen LogP contribution in [0.1, 0.15) is 19.8 Å². The van der Waals surface area contributed by atoms with Gasteiger partial charge in [-0.05, 0) is 35.7 Å². The van der Waals surface area contributed by atoms with Crippen molar-refractivity contribution < 1.29 is 4.79 Å². The number of carbonyl (C=O) groups excluding carboxylic acids is 1. The molecule has 106 valence electrons. The number of fused-ring (bicyclic) bond motifs is 1. The fourth-order valence-electron chi connectivity index (χ4n) is 2.71.